The van der Waals surface area contributed by atoms with Crippen molar-refractivity contribution in [3.63, 3.8) is 0 Å². The van der Waals surface area contributed by atoms with Crippen molar-refractivity contribution in [1.82, 2.24) is 0 Å². The normalized spacial score (nSPS) is 12.2. The first-order chi connectivity index (χ1) is 7.54. The summed E-state index contributed by atoms with van der Waals surface area (Å²) in [7, 11) is 0. The van der Waals surface area contributed by atoms with E-state index in [0.29, 0.717) is 0 Å². The zero-order valence-corrected chi connectivity index (χ0v) is 9.50. The van der Waals surface area contributed by atoms with E-state index in [1.807, 2.05) is 6.92 Å². The van der Waals surface area contributed by atoms with Gasteiger partial charge in [0.15, 0.2) is 5.78 Å². The SMILES string of the molecule is CCC(C)C(=O)CC(=O)c1cccc(F)c1. The van der Waals surface area contributed by atoms with Crippen LogP contribution in [0.5, 0.6) is 0 Å². The van der Waals surface area contributed by atoms with Gasteiger partial charge in [-0.15, -0.1) is 0 Å². The first kappa shape index (κ1) is 12.6. The van der Waals surface area contributed by atoms with Crippen molar-refractivity contribution in [3.8, 4) is 0 Å². The van der Waals surface area contributed by atoms with Crippen LogP contribution in [0.25, 0.3) is 0 Å². The second-order valence-corrected chi connectivity index (χ2v) is 3.89. The van der Waals surface area contributed by atoms with Crippen LogP contribution in [0, 0.1) is 11.7 Å². The summed E-state index contributed by atoms with van der Waals surface area (Å²) in [4.78, 5) is 23.2. The van der Waals surface area contributed by atoms with Gasteiger partial charge < -0.3 is 0 Å². The van der Waals surface area contributed by atoms with E-state index < -0.39 is 5.82 Å². The van der Waals surface area contributed by atoms with Crippen LogP contribution >= 0.6 is 0 Å². The maximum atomic E-state index is 12.9. The molecule has 0 bridgehead atoms. The van der Waals surface area contributed by atoms with E-state index in [4.69, 9.17) is 0 Å². The Kier molecular flexibility index (Phi) is 4.35. The number of Topliss-reactive ketones (excluding diaryl/α,β-unsaturated/α-hetero) is 2. The van der Waals surface area contributed by atoms with Crippen molar-refractivity contribution in [3.05, 3.63) is 35.6 Å². The molecule has 3 heteroatoms. The minimum Gasteiger partial charge on any atom is -0.299 e. The molecule has 1 aromatic rings. The highest BCUT2D eigenvalue weighted by Crippen LogP contribution is 2.11. The summed E-state index contributed by atoms with van der Waals surface area (Å²) < 4.78 is 12.9. The molecule has 1 unspecified atom stereocenters. The van der Waals surface area contributed by atoms with Crippen molar-refractivity contribution in [2.45, 2.75) is 26.7 Å². The molecule has 1 aromatic carbocycles. The fourth-order valence-corrected chi connectivity index (χ4v) is 1.32. The Hall–Kier alpha value is -1.51. The Bertz CT molecular complexity index is 399. The Morgan fingerprint density at radius 2 is 2.06 bits per heavy atom. The number of halogens is 1. The second-order valence-electron chi connectivity index (χ2n) is 3.89. The average Bonchev–Trinajstić information content (AvgIpc) is 2.27. The van der Waals surface area contributed by atoms with Gasteiger partial charge in [-0.2, -0.15) is 0 Å². The molecule has 0 aromatic heterocycles. The van der Waals surface area contributed by atoms with Crippen molar-refractivity contribution in [2.24, 2.45) is 5.92 Å². The molecule has 0 radical (unpaired) electrons. The molecule has 0 saturated carbocycles. The molecule has 0 fully saturated rings. The van der Waals surface area contributed by atoms with E-state index >= 15 is 0 Å². The first-order valence-corrected chi connectivity index (χ1v) is 5.36. The molecule has 0 amide bonds. The zero-order chi connectivity index (χ0) is 12.1. The maximum Gasteiger partial charge on any atom is 0.170 e. The number of ketones is 2. The molecule has 0 saturated heterocycles. The van der Waals surface area contributed by atoms with Gasteiger partial charge in [-0.3, -0.25) is 9.59 Å². The molecular formula is C13H15FO2. The molecule has 0 aliphatic carbocycles. The van der Waals surface area contributed by atoms with Crippen LogP contribution in [-0.4, -0.2) is 11.6 Å². The number of hydrogen-bond donors (Lipinski definition) is 0. The lowest BCUT2D eigenvalue weighted by Crippen LogP contribution is -2.15. The van der Waals surface area contributed by atoms with E-state index in [1.165, 1.54) is 18.2 Å². The summed E-state index contributed by atoms with van der Waals surface area (Å²) in [6, 6.07) is 5.42. The van der Waals surface area contributed by atoms with Crippen LogP contribution in [0.4, 0.5) is 4.39 Å². The molecule has 0 spiro atoms. The topological polar surface area (TPSA) is 34.1 Å². The first-order valence-electron chi connectivity index (χ1n) is 5.36. The van der Waals surface area contributed by atoms with Gasteiger partial charge in [0.25, 0.3) is 0 Å². The third-order valence-electron chi connectivity index (χ3n) is 2.64. The van der Waals surface area contributed by atoms with E-state index in [1.54, 1.807) is 6.92 Å². The molecule has 2 nitrogen and oxygen atoms in total. The van der Waals surface area contributed by atoms with Crippen LogP contribution in [-0.2, 0) is 4.79 Å². The van der Waals surface area contributed by atoms with E-state index in [9.17, 15) is 14.0 Å². The van der Waals surface area contributed by atoms with Gasteiger partial charge in [-0.25, -0.2) is 4.39 Å². The highest BCUT2D eigenvalue weighted by molar-refractivity contribution is 6.08. The second kappa shape index (κ2) is 5.54. The summed E-state index contributed by atoms with van der Waals surface area (Å²) in [5.41, 5.74) is 0.261. The van der Waals surface area contributed by atoms with Crippen LogP contribution < -0.4 is 0 Å². The van der Waals surface area contributed by atoms with Gasteiger partial charge >= 0.3 is 0 Å². The highest BCUT2D eigenvalue weighted by atomic mass is 19.1. The van der Waals surface area contributed by atoms with Crippen LogP contribution in [0.3, 0.4) is 0 Å². The molecule has 0 aliphatic heterocycles. The molecule has 1 rings (SSSR count). The standard InChI is InChI=1S/C13H15FO2/c1-3-9(2)12(15)8-13(16)10-5-4-6-11(14)7-10/h4-7,9H,3,8H2,1-2H3. The number of rotatable bonds is 5. The van der Waals surface area contributed by atoms with E-state index in [-0.39, 0.29) is 29.5 Å². The molecule has 86 valence electrons. The number of benzene rings is 1. The average molecular weight is 222 g/mol. The minimum atomic E-state index is -0.457. The van der Waals surface area contributed by atoms with Crippen molar-refractivity contribution >= 4 is 11.6 Å². The van der Waals surface area contributed by atoms with Gasteiger partial charge in [0.05, 0.1) is 6.42 Å². The Morgan fingerprint density at radius 3 is 2.62 bits per heavy atom. The molecule has 16 heavy (non-hydrogen) atoms. The van der Waals surface area contributed by atoms with Crippen molar-refractivity contribution in [2.75, 3.05) is 0 Å². The molecule has 0 aliphatic rings. The summed E-state index contributed by atoms with van der Waals surface area (Å²) in [6.45, 7) is 3.69. The van der Waals surface area contributed by atoms with Gasteiger partial charge in [-0.1, -0.05) is 26.0 Å². The smallest absolute Gasteiger partial charge is 0.170 e. The highest BCUT2D eigenvalue weighted by Gasteiger charge is 2.16. The summed E-state index contributed by atoms with van der Waals surface area (Å²) in [6.07, 6.45) is 0.577. The van der Waals surface area contributed by atoms with Crippen molar-refractivity contribution in [1.29, 1.82) is 0 Å². The van der Waals surface area contributed by atoms with Crippen LogP contribution in [0.2, 0.25) is 0 Å². The number of carbonyl (C=O) groups is 2. The number of hydrogen-bond acceptors (Lipinski definition) is 2. The Balaban J connectivity index is 2.69. The summed E-state index contributed by atoms with van der Waals surface area (Å²) in [5.74, 6) is -0.971. The largest absolute Gasteiger partial charge is 0.299 e. The molecule has 1 atom stereocenters. The van der Waals surface area contributed by atoms with E-state index in [0.717, 1.165) is 12.5 Å². The van der Waals surface area contributed by atoms with Crippen LogP contribution in [0.15, 0.2) is 24.3 Å². The van der Waals surface area contributed by atoms with Crippen LogP contribution in [0.1, 0.15) is 37.0 Å². The lowest BCUT2D eigenvalue weighted by Gasteiger charge is -2.06. The molecule has 0 N–H and O–H groups in total. The third kappa shape index (κ3) is 3.26. The maximum absolute atomic E-state index is 12.9. The van der Waals surface area contributed by atoms with Gasteiger partial charge in [0, 0.05) is 11.5 Å². The Labute approximate surface area is 94.5 Å². The van der Waals surface area contributed by atoms with Crippen molar-refractivity contribution < 1.29 is 14.0 Å². The fourth-order valence-electron chi connectivity index (χ4n) is 1.32. The zero-order valence-electron chi connectivity index (χ0n) is 9.50. The monoisotopic (exact) mass is 222 g/mol. The molecule has 0 heterocycles. The lowest BCUT2D eigenvalue weighted by atomic mass is 9.97. The summed E-state index contributed by atoms with van der Waals surface area (Å²) in [5, 5.41) is 0. The predicted octanol–water partition coefficient (Wildman–Crippen LogP) is 3.01. The number of carbonyl (C=O) groups excluding carboxylic acids is 2. The summed E-state index contributed by atoms with van der Waals surface area (Å²) >= 11 is 0. The lowest BCUT2D eigenvalue weighted by molar-refractivity contribution is -0.121. The third-order valence-corrected chi connectivity index (χ3v) is 2.64. The van der Waals surface area contributed by atoms with E-state index in [2.05, 4.69) is 0 Å². The predicted molar refractivity (Wildman–Crippen MR) is 59.8 cm³/mol. The molecular weight excluding hydrogens is 207 g/mol. The van der Waals surface area contributed by atoms with Gasteiger partial charge in [0.2, 0.25) is 0 Å². The van der Waals surface area contributed by atoms with Gasteiger partial charge in [-0.05, 0) is 18.6 Å². The quantitative estimate of drug-likeness (QED) is 0.567. The minimum absolute atomic E-state index is 0.0863. The van der Waals surface area contributed by atoms with Gasteiger partial charge in [0.1, 0.15) is 11.6 Å². The fraction of sp³-hybridized carbons (Fsp3) is 0.385. The Morgan fingerprint density at radius 1 is 1.38 bits per heavy atom.